The maximum atomic E-state index is 12.3. The minimum absolute atomic E-state index is 0.113. The number of hydrogen-bond donors (Lipinski definition) is 1. The lowest BCUT2D eigenvalue weighted by atomic mass is 10.2. The van der Waals surface area contributed by atoms with Crippen LogP contribution in [0.5, 0.6) is 5.75 Å². The maximum Gasteiger partial charge on any atom is 0.387 e. The van der Waals surface area contributed by atoms with E-state index in [0.717, 1.165) is 16.8 Å². The van der Waals surface area contributed by atoms with E-state index >= 15 is 0 Å². The highest BCUT2D eigenvalue weighted by Crippen LogP contribution is 2.17. The number of rotatable bonds is 6. The second-order valence-corrected chi connectivity index (χ2v) is 5.13. The van der Waals surface area contributed by atoms with Gasteiger partial charge in [0.15, 0.2) is 0 Å². The maximum absolute atomic E-state index is 12.3. The molecule has 24 heavy (non-hydrogen) atoms. The van der Waals surface area contributed by atoms with Crippen molar-refractivity contribution in [2.24, 2.45) is 0 Å². The molecule has 8 heteroatoms. The third-order valence-corrected chi connectivity index (χ3v) is 3.32. The molecule has 2 aromatic carbocycles. The Morgan fingerprint density at radius 2 is 1.96 bits per heavy atom. The van der Waals surface area contributed by atoms with Crippen LogP contribution in [0.3, 0.4) is 0 Å². The summed E-state index contributed by atoms with van der Waals surface area (Å²) < 4.78 is 30.5. The molecule has 0 bridgehead atoms. The molecule has 6 nitrogen and oxygen atoms in total. The van der Waals surface area contributed by atoms with Crippen molar-refractivity contribution in [3.8, 4) is 11.4 Å². The van der Waals surface area contributed by atoms with E-state index in [2.05, 4.69) is 25.6 Å². The Kier molecular flexibility index (Phi) is 4.64. The fourth-order valence-corrected chi connectivity index (χ4v) is 2.17. The lowest BCUT2D eigenvalue weighted by Gasteiger charge is -2.09. The summed E-state index contributed by atoms with van der Waals surface area (Å²) in [7, 11) is 0. The van der Waals surface area contributed by atoms with E-state index in [0.29, 0.717) is 12.5 Å². The lowest BCUT2D eigenvalue weighted by molar-refractivity contribution is -0.0498. The number of tetrazole rings is 1. The Bertz CT molecular complexity index is 804. The Morgan fingerprint density at radius 1 is 1.17 bits per heavy atom. The molecule has 0 amide bonds. The predicted molar refractivity (Wildman–Crippen MR) is 84.3 cm³/mol. The molecular weight excluding hydrogens is 316 g/mol. The number of halogens is 2. The van der Waals surface area contributed by atoms with Crippen LogP contribution in [0.4, 0.5) is 14.7 Å². The molecule has 0 aliphatic carbocycles. The SMILES string of the molecule is Cc1ccc(-n2nnnc2NCc2cccc(OC(F)F)c2)cc1. The average Bonchev–Trinajstić information content (AvgIpc) is 3.02. The molecule has 3 rings (SSSR count). The van der Waals surface area contributed by atoms with Gasteiger partial charge in [-0.05, 0) is 47.2 Å². The van der Waals surface area contributed by atoms with Crippen molar-refractivity contribution in [3.05, 3.63) is 59.7 Å². The fraction of sp³-hybridized carbons (Fsp3) is 0.188. The van der Waals surface area contributed by atoms with E-state index in [1.54, 1.807) is 22.9 Å². The highest BCUT2D eigenvalue weighted by molar-refractivity contribution is 5.40. The molecule has 1 N–H and O–H groups in total. The normalized spacial score (nSPS) is 10.8. The van der Waals surface area contributed by atoms with E-state index < -0.39 is 6.61 Å². The van der Waals surface area contributed by atoms with E-state index in [1.807, 2.05) is 31.2 Å². The molecule has 0 radical (unpaired) electrons. The van der Waals surface area contributed by atoms with E-state index in [9.17, 15) is 8.78 Å². The number of ether oxygens (including phenoxy) is 1. The first-order valence-corrected chi connectivity index (χ1v) is 7.25. The smallest absolute Gasteiger partial charge is 0.387 e. The van der Waals surface area contributed by atoms with Crippen LogP contribution in [0.2, 0.25) is 0 Å². The summed E-state index contributed by atoms with van der Waals surface area (Å²) in [5.74, 6) is 0.571. The van der Waals surface area contributed by atoms with Crippen LogP contribution in [-0.2, 0) is 6.54 Å². The zero-order valence-corrected chi connectivity index (χ0v) is 12.9. The molecule has 1 heterocycles. The van der Waals surface area contributed by atoms with Crippen molar-refractivity contribution in [2.75, 3.05) is 5.32 Å². The fourth-order valence-electron chi connectivity index (χ4n) is 2.17. The van der Waals surface area contributed by atoms with E-state index in [4.69, 9.17) is 0 Å². The molecule has 1 aromatic heterocycles. The monoisotopic (exact) mass is 331 g/mol. The summed E-state index contributed by atoms with van der Waals surface area (Å²) in [5, 5.41) is 14.6. The molecule has 0 spiro atoms. The zero-order valence-electron chi connectivity index (χ0n) is 12.9. The van der Waals surface area contributed by atoms with Crippen LogP contribution in [0.25, 0.3) is 5.69 Å². The van der Waals surface area contributed by atoms with Gasteiger partial charge in [0, 0.05) is 6.54 Å². The second kappa shape index (κ2) is 7.03. The average molecular weight is 331 g/mol. The highest BCUT2D eigenvalue weighted by atomic mass is 19.3. The molecule has 3 aromatic rings. The van der Waals surface area contributed by atoms with Crippen LogP contribution in [0, 0.1) is 6.92 Å². The van der Waals surface area contributed by atoms with Gasteiger partial charge in [0.05, 0.1) is 5.69 Å². The summed E-state index contributed by atoms with van der Waals surface area (Å²) in [5.41, 5.74) is 2.73. The van der Waals surface area contributed by atoms with Crippen molar-refractivity contribution >= 4 is 5.95 Å². The Balaban J connectivity index is 1.72. The number of alkyl halides is 2. The molecule has 124 valence electrons. The first-order chi connectivity index (χ1) is 11.6. The number of hydrogen-bond acceptors (Lipinski definition) is 5. The lowest BCUT2D eigenvalue weighted by Crippen LogP contribution is -2.08. The first kappa shape index (κ1) is 15.9. The molecule has 0 fully saturated rings. The highest BCUT2D eigenvalue weighted by Gasteiger charge is 2.09. The third kappa shape index (κ3) is 3.83. The van der Waals surface area contributed by atoms with Crippen LogP contribution < -0.4 is 10.1 Å². The number of aryl methyl sites for hydroxylation is 1. The quantitative estimate of drug-likeness (QED) is 0.751. The number of aromatic nitrogens is 4. The molecule has 0 unspecified atom stereocenters. The van der Waals surface area contributed by atoms with Gasteiger partial charge in [0.1, 0.15) is 5.75 Å². The van der Waals surface area contributed by atoms with Gasteiger partial charge in [-0.25, -0.2) is 0 Å². The first-order valence-electron chi connectivity index (χ1n) is 7.25. The molecule has 0 aliphatic heterocycles. The number of nitrogens with zero attached hydrogens (tertiary/aromatic N) is 4. The number of nitrogens with one attached hydrogen (secondary N) is 1. The number of benzene rings is 2. The van der Waals surface area contributed by atoms with Crippen LogP contribution in [-0.4, -0.2) is 26.8 Å². The standard InChI is InChI=1S/C16H15F2N5O/c1-11-5-7-13(8-6-11)23-16(20-21-22-23)19-10-12-3-2-4-14(9-12)24-15(17)18/h2-9,15H,10H2,1H3,(H,19,20,22). The molecule has 0 saturated heterocycles. The summed E-state index contributed by atoms with van der Waals surface area (Å²) in [6.07, 6.45) is 0. The summed E-state index contributed by atoms with van der Waals surface area (Å²) in [6, 6.07) is 14.2. The predicted octanol–water partition coefficient (Wildman–Crippen LogP) is 3.18. The minimum Gasteiger partial charge on any atom is -0.435 e. The molecular formula is C16H15F2N5O. The number of anilines is 1. The largest absolute Gasteiger partial charge is 0.435 e. The van der Waals surface area contributed by atoms with Crippen molar-refractivity contribution < 1.29 is 13.5 Å². The summed E-state index contributed by atoms with van der Waals surface area (Å²) in [6.45, 7) is -0.481. The van der Waals surface area contributed by atoms with E-state index in [1.165, 1.54) is 6.07 Å². The Hall–Kier alpha value is -3.03. The van der Waals surface area contributed by atoms with Crippen molar-refractivity contribution in [2.45, 2.75) is 20.1 Å². The van der Waals surface area contributed by atoms with Crippen LogP contribution in [0.15, 0.2) is 48.5 Å². The molecule has 0 aliphatic rings. The van der Waals surface area contributed by atoms with Gasteiger partial charge in [-0.3, -0.25) is 0 Å². The Morgan fingerprint density at radius 3 is 2.71 bits per heavy atom. The van der Waals surface area contributed by atoms with Crippen molar-refractivity contribution in [1.82, 2.24) is 20.2 Å². The van der Waals surface area contributed by atoms with Gasteiger partial charge in [-0.15, -0.1) is 0 Å². The zero-order chi connectivity index (χ0) is 16.9. The Labute approximate surface area is 137 Å². The van der Waals surface area contributed by atoms with Gasteiger partial charge in [-0.1, -0.05) is 34.9 Å². The van der Waals surface area contributed by atoms with Gasteiger partial charge in [0.25, 0.3) is 0 Å². The second-order valence-electron chi connectivity index (χ2n) is 5.13. The third-order valence-electron chi connectivity index (χ3n) is 3.32. The van der Waals surface area contributed by atoms with Gasteiger partial charge < -0.3 is 10.1 Å². The van der Waals surface area contributed by atoms with Gasteiger partial charge in [-0.2, -0.15) is 13.5 Å². The van der Waals surface area contributed by atoms with Crippen LogP contribution >= 0.6 is 0 Å². The molecule has 0 saturated carbocycles. The van der Waals surface area contributed by atoms with E-state index in [-0.39, 0.29) is 5.75 Å². The van der Waals surface area contributed by atoms with Gasteiger partial charge >= 0.3 is 6.61 Å². The summed E-state index contributed by atoms with van der Waals surface area (Å²) in [4.78, 5) is 0. The topological polar surface area (TPSA) is 64.9 Å². The van der Waals surface area contributed by atoms with Crippen molar-refractivity contribution in [1.29, 1.82) is 0 Å². The van der Waals surface area contributed by atoms with Gasteiger partial charge in [0.2, 0.25) is 5.95 Å². The molecule has 0 atom stereocenters. The summed E-state index contributed by atoms with van der Waals surface area (Å²) >= 11 is 0. The van der Waals surface area contributed by atoms with Crippen LogP contribution in [0.1, 0.15) is 11.1 Å². The minimum atomic E-state index is -2.85. The van der Waals surface area contributed by atoms with Crippen molar-refractivity contribution in [3.63, 3.8) is 0 Å².